The molecule has 3 aromatic rings. The largest absolute Gasteiger partial charge is 0.491 e. The van der Waals surface area contributed by atoms with Crippen LogP contribution in [0, 0.1) is 0 Å². The zero-order valence-electron chi connectivity index (χ0n) is 17.3. The van der Waals surface area contributed by atoms with Gasteiger partial charge in [0, 0.05) is 5.39 Å². The van der Waals surface area contributed by atoms with Crippen LogP contribution in [0.15, 0.2) is 70.0 Å². The SMILES string of the molecule is NC(=O)COc1ccc(/C=C2\SC(=O)N(CCOc3cccc4ccccc34)C2=O)cc1Br. The number of imide groups is 1. The van der Waals surface area contributed by atoms with Gasteiger partial charge in [0.05, 0.1) is 15.9 Å². The van der Waals surface area contributed by atoms with Crippen LogP contribution in [0.3, 0.4) is 0 Å². The first kappa shape index (κ1) is 22.9. The number of rotatable bonds is 8. The van der Waals surface area contributed by atoms with Crippen LogP contribution in [-0.2, 0) is 9.59 Å². The van der Waals surface area contributed by atoms with E-state index in [9.17, 15) is 14.4 Å². The minimum absolute atomic E-state index is 0.148. The Bertz CT molecular complexity index is 1270. The maximum absolute atomic E-state index is 12.8. The van der Waals surface area contributed by atoms with Crippen LogP contribution in [0.2, 0.25) is 0 Å². The van der Waals surface area contributed by atoms with Crippen molar-refractivity contribution < 1.29 is 23.9 Å². The summed E-state index contributed by atoms with van der Waals surface area (Å²) < 4.78 is 11.8. The van der Waals surface area contributed by atoms with E-state index in [1.807, 2.05) is 42.5 Å². The Kier molecular flexibility index (Phi) is 7.00. The molecule has 4 rings (SSSR count). The number of nitrogens with two attached hydrogens (primary N) is 1. The maximum atomic E-state index is 12.8. The highest BCUT2D eigenvalue weighted by molar-refractivity contribution is 9.10. The van der Waals surface area contributed by atoms with Crippen LogP contribution in [0.4, 0.5) is 4.79 Å². The number of ether oxygens (including phenoxy) is 2. The lowest BCUT2D eigenvalue weighted by Crippen LogP contribution is -2.32. The predicted octanol–water partition coefficient (Wildman–Crippen LogP) is 4.58. The molecule has 1 aliphatic heterocycles. The van der Waals surface area contributed by atoms with Crippen molar-refractivity contribution in [2.45, 2.75) is 0 Å². The summed E-state index contributed by atoms with van der Waals surface area (Å²) in [5.41, 5.74) is 5.79. The van der Waals surface area contributed by atoms with Gasteiger partial charge in [-0.15, -0.1) is 0 Å². The highest BCUT2D eigenvalue weighted by atomic mass is 79.9. The smallest absolute Gasteiger partial charge is 0.293 e. The molecular formula is C24H19BrN2O5S. The first-order valence-corrected chi connectivity index (χ1v) is 11.6. The van der Waals surface area contributed by atoms with E-state index in [2.05, 4.69) is 15.9 Å². The van der Waals surface area contributed by atoms with Crippen LogP contribution >= 0.6 is 27.7 Å². The Hall–Kier alpha value is -3.30. The molecule has 1 saturated heterocycles. The first-order valence-electron chi connectivity index (χ1n) is 9.99. The molecule has 3 amide bonds. The molecule has 1 heterocycles. The molecule has 7 nitrogen and oxygen atoms in total. The standard InChI is InChI=1S/C24H19BrN2O5S/c25-18-12-15(8-9-20(18)32-14-22(26)28)13-21-23(29)27(24(30)33-21)10-11-31-19-7-3-5-16-4-1-2-6-17(16)19/h1-9,12-13H,10-11,14H2,(H2,26,28)/b21-13-. The van der Waals surface area contributed by atoms with Gasteiger partial charge in [0.1, 0.15) is 18.1 Å². The molecule has 33 heavy (non-hydrogen) atoms. The molecule has 0 unspecified atom stereocenters. The van der Waals surface area contributed by atoms with Crippen molar-refractivity contribution in [3.8, 4) is 11.5 Å². The third-order valence-corrected chi connectivity index (χ3v) is 6.35. The Labute approximate surface area is 202 Å². The van der Waals surface area contributed by atoms with Crippen LogP contribution in [0.25, 0.3) is 16.8 Å². The van der Waals surface area contributed by atoms with E-state index in [-0.39, 0.29) is 30.9 Å². The number of primary amides is 1. The fourth-order valence-electron chi connectivity index (χ4n) is 3.29. The number of thioether (sulfide) groups is 1. The van der Waals surface area contributed by atoms with E-state index in [1.165, 1.54) is 4.90 Å². The van der Waals surface area contributed by atoms with Crippen molar-refractivity contribution in [3.63, 3.8) is 0 Å². The summed E-state index contributed by atoms with van der Waals surface area (Å²) in [5.74, 6) is 0.213. The van der Waals surface area contributed by atoms with Crippen molar-refractivity contribution >= 4 is 61.6 Å². The second kappa shape index (κ2) is 10.1. The average molecular weight is 527 g/mol. The molecule has 1 aliphatic rings. The molecule has 0 radical (unpaired) electrons. The number of fused-ring (bicyclic) bond motifs is 1. The van der Waals surface area contributed by atoms with Gasteiger partial charge in [-0.3, -0.25) is 19.3 Å². The van der Waals surface area contributed by atoms with E-state index in [4.69, 9.17) is 15.2 Å². The van der Waals surface area contributed by atoms with E-state index < -0.39 is 5.91 Å². The highest BCUT2D eigenvalue weighted by Crippen LogP contribution is 2.34. The third-order valence-electron chi connectivity index (χ3n) is 4.82. The fourth-order valence-corrected chi connectivity index (χ4v) is 4.66. The molecule has 0 aliphatic carbocycles. The number of carbonyl (C=O) groups excluding carboxylic acids is 3. The summed E-state index contributed by atoms with van der Waals surface area (Å²) in [6.45, 7) is 0.100. The number of amides is 3. The zero-order chi connectivity index (χ0) is 23.4. The molecular weight excluding hydrogens is 508 g/mol. The Morgan fingerprint density at radius 2 is 1.82 bits per heavy atom. The molecule has 0 spiro atoms. The van der Waals surface area contributed by atoms with Gasteiger partial charge in [-0.05, 0) is 62.9 Å². The summed E-state index contributed by atoms with van der Waals surface area (Å²) >= 11 is 4.25. The van der Waals surface area contributed by atoms with Gasteiger partial charge in [0.2, 0.25) is 0 Å². The number of hydrogen-bond acceptors (Lipinski definition) is 6. The first-order chi connectivity index (χ1) is 15.9. The van der Waals surface area contributed by atoms with E-state index in [0.717, 1.165) is 22.5 Å². The van der Waals surface area contributed by atoms with Gasteiger partial charge >= 0.3 is 0 Å². The summed E-state index contributed by atoms with van der Waals surface area (Å²) in [7, 11) is 0. The molecule has 9 heteroatoms. The molecule has 3 aromatic carbocycles. The topological polar surface area (TPSA) is 98.9 Å². The number of halogens is 1. The summed E-state index contributed by atoms with van der Waals surface area (Å²) in [4.78, 5) is 37.6. The van der Waals surface area contributed by atoms with Crippen molar-refractivity contribution in [2.24, 2.45) is 5.73 Å². The molecule has 2 N–H and O–H groups in total. The number of hydrogen-bond donors (Lipinski definition) is 1. The van der Waals surface area contributed by atoms with Crippen molar-refractivity contribution in [1.82, 2.24) is 4.90 Å². The molecule has 0 atom stereocenters. The number of benzene rings is 3. The van der Waals surface area contributed by atoms with Gasteiger partial charge < -0.3 is 15.2 Å². The quantitative estimate of drug-likeness (QED) is 0.431. The van der Waals surface area contributed by atoms with Gasteiger partial charge in [-0.25, -0.2) is 0 Å². The fraction of sp³-hybridized carbons (Fsp3) is 0.125. The highest BCUT2D eigenvalue weighted by Gasteiger charge is 2.34. The minimum atomic E-state index is -0.580. The Balaban J connectivity index is 1.40. The normalized spacial score (nSPS) is 14.8. The molecule has 0 saturated carbocycles. The second-order valence-corrected chi connectivity index (χ2v) is 8.95. The summed E-state index contributed by atoms with van der Waals surface area (Å²) in [5, 5.41) is 1.69. The van der Waals surface area contributed by atoms with E-state index in [1.54, 1.807) is 24.3 Å². The Morgan fingerprint density at radius 3 is 2.61 bits per heavy atom. The van der Waals surface area contributed by atoms with Crippen molar-refractivity contribution in [1.29, 1.82) is 0 Å². The predicted molar refractivity (Wildman–Crippen MR) is 131 cm³/mol. The zero-order valence-corrected chi connectivity index (χ0v) is 19.7. The molecule has 0 aromatic heterocycles. The monoisotopic (exact) mass is 526 g/mol. The number of carbonyl (C=O) groups is 3. The van der Waals surface area contributed by atoms with Crippen LogP contribution in [-0.4, -0.2) is 41.7 Å². The Morgan fingerprint density at radius 1 is 1.03 bits per heavy atom. The van der Waals surface area contributed by atoms with Crippen LogP contribution in [0.5, 0.6) is 11.5 Å². The minimum Gasteiger partial charge on any atom is -0.491 e. The second-order valence-electron chi connectivity index (χ2n) is 7.10. The van der Waals surface area contributed by atoms with E-state index >= 15 is 0 Å². The van der Waals surface area contributed by atoms with Gasteiger partial charge in [-0.1, -0.05) is 42.5 Å². The van der Waals surface area contributed by atoms with Gasteiger partial charge in [-0.2, -0.15) is 0 Å². The van der Waals surface area contributed by atoms with Crippen LogP contribution in [0.1, 0.15) is 5.56 Å². The summed E-state index contributed by atoms with van der Waals surface area (Å²) in [6, 6.07) is 18.7. The average Bonchev–Trinajstić information content (AvgIpc) is 3.06. The molecule has 0 bridgehead atoms. The molecule has 1 fully saturated rings. The van der Waals surface area contributed by atoms with Crippen LogP contribution < -0.4 is 15.2 Å². The van der Waals surface area contributed by atoms with E-state index in [0.29, 0.717) is 26.4 Å². The number of nitrogens with zero attached hydrogens (tertiary/aromatic N) is 1. The third kappa shape index (κ3) is 5.37. The lowest BCUT2D eigenvalue weighted by molar-refractivity contribution is -0.123. The lowest BCUT2D eigenvalue weighted by Gasteiger charge is -2.14. The van der Waals surface area contributed by atoms with Gasteiger partial charge in [0.15, 0.2) is 6.61 Å². The van der Waals surface area contributed by atoms with Gasteiger partial charge in [0.25, 0.3) is 17.1 Å². The lowest BCUT2D eigenvalue weighted by atomic mass is 10.1. The van der Waals surface area contributed by atoms with Crippen molar-refractivity contribution in [2.75, 3.05) is 19.8 Å². The molecule has 168 valence electrons. The maximum Gasteiger partial charge on any atom is 0.293 e. The van der Waals surface area contributed by atoms with Crippen molar-refractivity contribution in [3.05, 3.63) is 75.6 Å². The summed E-state index contributed by atoms with van der Waals surface area (Å²) in [6.07, 6.45) is 1.64.